The molecule has 6 nitrogen and oxygen atoms in total. The van der Waals surface area contributed by atoms with Crippen LogP contribution in [-0.4, -0.2) is 30.8 Å². The molecule has 5 rings (SSSR count). The first-order valence-corrected chi connectivity index (χ1v) is 10.6. The minimum absolute atomic E-state index is 0.131. The van der Waals surface area contributed by atoms with Gasteiger partial charge in [-0.15, -0.1) is 0 Å². The van der Waals surface area contributed by atoms with Crippen molar-refractivity contribution < 1.29 is 23.1 Å². The molecule has 34 heavy (non-hydrogen) atoms. The lowest BCUT2D eigenvalue weighted by atomic mass is 9.95. The van der Waals surface area contributed by atoms with E-state index >= 15 is 0 Å². The smallest absolute Gasteiger partial charge is 0.354 e. The van der Waals surface area contributed by atoms with Crippen LogP contribution in [-0.2, 0) is 0 Å². The minimum atomic E-state index is -2.99. The third-order valence-corrected chi connectivity index (χ3v) is 5.82. The molecule has 0 saturated heterocycles. The monoisotopic (exact) mass is 464 g/mol. The standard InChI is InChI=1S/C25H19F3N4O2/c1-12(2)23-21(16-7-8-18(25(33)34)30-22(16)24(27)28)17-10-19-13(11-29-31-19)9-20(17)32(23)15-5-3-14(26)4-6-15/h3-12,24H,1-2H3,(H,29,31)(H,33,34). The van der Waals surface area contributed by atoms with E-state index in [1.165, 1.54) is 24.3 Å². The molecule has 0 aliphatic rings. The van der Waals surface area contributed by atoms with Crippen molar-refractivity contribution in [3.63, 3.8) is 0 Å². The maximum absolute atomic E-state index is 14.1. The predicted octanol–water partition coefficient (Wildman–Crippen LogP) is 6.47. The van der Waals surface area contributed by atoms with Gasteiger partial charge in [0.1, 0.15) is 17.2 Å². The average Bonchev–Trinajstić information content (AvgIpc) is 3.39. The lowest BCUT2D eigenvalue weighted by Gasteiger charge is -2.17. The summed E-state index contributed by atoms with van der Waals surface area (Å²) in [4.78, 5) is 15.2. The van der Waals surface area contributed by atoms with Crippen molar-refractivity contribution in [3.8, 4) is 16.8 Å². The summed E-state index contributed by atoms with van der Waals surface area (Å²) in [5, 5.41) is 17.7. The van der Waals surface area contributed by atoms with Gasteiger partial charge in [0.2, 0.25) is 0 Å². The second-order valence-corrected chi connectivity index (χ2v) is 8.29. The Morgan fingerprint density at radius 1 is 1.09 bits per heavy atom. The molecule has 3 aromatic heterocycles. The summed E-state index contributed by atoms with van der Waals surface area (Å²) in [5.74, 6) is -1.91. The number of aromatic carboxylic acids is 1. The second kappa shape index (κ2) is 8.02. The van der Waals surface area contributed by atoms with Crippen molar-refractivity contribution in [1.82, 2.24) is 19.7 Å². The van der Waals surface area contributed by atoms with Crippen molar-refractivity contribution >= 4 is 27.8 Å². The number of carbonyl (C=O) groups is 1. The van der Waals surface area contributed by atoms with Crippen LogP contribution in [0.2, 0.25) is 0 Å². The molecule has 0 saturated carbocycles. The molecule has 0 atom stereocenters. The van der Waals surface area contributed by atoms with Gasteiger partial charge in [-0.25, -0.2) is 22.9 Å². The number of carboxylic acids is 1. The molecule has 0 aliphatic heterocycles. The quantitative estimate of drug-likeness (QED) is 0.312. The fourth-order valence-electron chi connectivity index (χ4n) is 4.41. The summed E-state index contributed by atoms with van der Waals surface area (Å²) in [6.45, 7) is 3.87. The number of benzene rings is 2. The second-order valence-electron chi connectivity index (χ2n) is 8.29. The van der Waals surface area contributed by atoms with Crippen molar-refractivity contribution in [1.29, 1.82) is 0 Å². The number of halogens is 3. The first-order valence-electron chi connectivity index (χ1n) is 10.6. The Hall–Kier alpha value is -4.14. The van der Waals surface area contributed by atoms with Crippen LogP contribution >= 0.6 is 0 Å². The lowest BCUT2D eigenvalue weighted by molar-refractivity contribution is 0.0689. The number of H-pyrrole nitrogens is 1. The largest absolute Gasteiger partial charge is 0.477 e. The van der Waals surface area contributed by atoms with Crippen molar-refractivity contribution in [2.75, 3.05) is 0 Å². The predicted molar refractivity (Wildman–Crippen MR) is 122 cm³/mol. The number of alkyl halides is 2. The highest BCUT2D eigenvalue weighted by atomic mass is 19.3. The summed E-state index contributed by atoms with van der Waals surface area (Å²) in [7, 11) is 0. The molecular formula is C25H19F3N4O2. The van der Waals surface area contributed by atoms with E-state index in [1.807, 2.05) is 30.5 Å². The van der Waals surface area contributed by atoms with Crippen LogP contribution in [0.4, 0.5) is 13.2 Å². The third-order valence-electron chi connectivity index (χ3n) is 5.82. The molecule has 0 aliphatic carbocycles. The van der Waals surface area contributed by atoms with Gasteiger partial charge < -0.3 is 9.67 Å². The topological polar surface area (TPSA) is 83.8 Å². The highest BCUT2D eigenvalue weighted by Crippen LogP contribution is 2.44. The van der Waals surface area contributed by atoms with Crippen LogP contribution in [0, 0.1) is 5.82 Å². The molecule has 2 aromatic carbocycles. The Labute approximate surface area is 191 Å². The number of hydrogen-bond acceptors (Lipinski definition) is 3. The normalized spacial score (nSPS) is 11.9. The average molecular weight is 464 g/mol. The number of hydrogen-bond donors (Lipinski definition) is 2. The van der Waals surface area contributed by atoms with Crippen molar-refractivity contribution in [2.24, 2.45) is 0 Å². The van der Waals surface area contributed by atoms with Gasteiger partial charge in [-0.05, 0) is 54.4 Å². The Morgan fingerprint density at radius 3 is 2.47 bits per heavy atom. The molecule has 0 radical (unpaired) electrons. The lowest BCUT2D eigenvalue weighted by Crippen LogP contribution is -2.07. The SMILES string of the molecule is CC(C)c1c(-c2ccc(C(=O)O)nc2C(F)F)c2cc3[nH]ncc3cc2n1-c1ccc(F)cc1. The van der Waals surface area contributed by atoms with Crippen LogP contribution in [0.3, 0.4) is 0 Å². The van der Waals surface area contributed by atoms with Crippen LogP contribution < -0.4 is 0 Å². The van der Waals surface area contributed by atoms with Gasteiger partial charge >= 0.3 is 5.97 Å². The third kappa shape index (κ3) is 3.40. The molecule has 0 spiro atoms. The van der Waals surface area contributed by atoms with E-state index in [0.29, 0.717) is 27.8 Å². The minimum Gasteiger partial charge on any atom is -0.477 e. The van der Waals surface area contributed by atoms with E-state index < -0.39 is 29.6 Å². The van der Waals surface area contributed by atoms with Gasteiger partial charge in [0, 0.05) is 33.3 Å². The highest BCUT2D eigenvalue weighted by molar-refractivity contribution is 6.06. The molecule has 2 N–H and O–H groups in total. The molecule has 0 amide bonds. The Morgan fingerprint density at radius 2 is 1.82 bits per heavy atom. The molecule has 0 bridgehead atoms. The van der Waals surface area contributed by atoms with Crippen molar-refractivity contribution in [2.45, 2.75) is 26.2 Å². The number of aromatic nitrogens is 4. The van der Waals surface area contributed by atoms with Crippen LogP contribution in [0.1, 0.15) is 48.1 Å². The molecule has 0 unspecified atom stereocenters. The fourth-order valence-corrected chi connectivity index (χ4v) is 4.41. The van der Waals surface area contributed by atoms with Crippen molar-refractivity contribution in [3.05, 3.63) is 77.6 Å². The Kier molecular flexibility index (Phi) is 5.11. The van der Waals surface area contributed by atoms with E-state index in [2.05, 4.69) is 15.2 Å². The van der Waals surface area contributed by atoms with Gasteiger partial charge in [-0.1, -0.05) is 13.8 Å². The summed E-state index contributed by atoms with van der Waals surface area (Å²) in [6.07, 6.45) is -1.33. The number of fused-ring (bicyclic) bond motifs is 2. The van der Waals surface area contributed by atoms with Gasteiger partial charge in [0.25, 0.3) is 6.43 Å². The van der Waals surface area contributed by atoms with Gasteiger partial charge in [-0.3, -0.25) is 5.10 Å². The van der Waals surface area contributed by atoms with Crippen LogP contribution in [0.5, 0.6) is 0 Å². The molecule has 9 heteroatoms. The zero-order valence-electron chi connectivity index (χ0n) is 18.2. The highest BCUT2D eigenvalue weighted by Gasteiger charge is 2.28. The zero-order valence-corrected chi connectivity index (χ0v) is 18.2. The Bertz CT molecular complexity index is 1550. The summed E-state index contributed by atoms with van der Waals surface area (Å²) in [6, 6.07) is 12.3. The van der Waals surface area contributed by atoms with Gasteiger partial charge in [0.05, 0.1) is 17.2 Å². The van der Waals surface area contributed by atoms with Crippen LogP contribution in [0.15, 0.2) is 54.7 Å². The van der Waals surface area contributed by atoms with E-state index in [1.54, 1.807) is 18.3 Å². The number of aromatic amines is 1. The number of nitrogens with one attached hydrogen (secondary N) is 1. The first-order chi connectivity index (χ1) is 16.3. The fraction of sp³-hybridized carbons (Fsp3) is 0.160. The summed E-state index contributed by atoms with van der Waals surface area (Å²) in [5.41, 5.74) is 2.43. The maximum atomic E-state index is 14.1. The number of carboxylic acid groups (broad SMARTS) is 1. The maximum Gasteiger partial charge on any atom is 0.354 e. The molecule has 5 aromatic rings. The number of nitrogens with zero attached hydrogens (tertiary/aromatic N) is 3. The van der Waals surface area contributed by atoms with E-state index in [9.17, 15) is 23.1 Å². The number of rotatable bonds is 5. The van der Waals surface area contributed by atoms with Crippen LogP contribution in [0.25, 0.3) is 38.6 Å². The Balaban J connectivity index is 1.95. The molecule has 3 heterocycles. The number of pyridine rings is 1. The van der Waals surface area contributed by atoms with E-state index in [0.717, 1.165) is 10.9 Å². The zero-order chi connectivity index (χ0) is 24.1. The summed E-state index contributed by atoms with van der Waals surface area (Å²) < 4.78 is 43.9. The summed E-state index contributed by atoms with van der Waals surface area (Å²) >= 11 is 0. The van der Waals surface area contributed by atoms with Gasteiger partial charge in [-0.2, -0.15) is 5.10 Å². The van der Waals surface area contributed by atoms with E-state index in [4.69, 9.17) is 0 Å². The first kappa shape index (κ1) is 21.7. The van der Waals surface area contributed by atoms with Gasteiger partial charge in [0.15, 0.2) is 0 Å². The van der Waals surface area contributed by atoms with E-state index in [-0.39, 0.29) is 11.5 Å². The molecule has 172 valence electrons. The molecule has 0 fully saturated rings. The molecular weight excluding hydrogens is 445 g/mol.